The molecule has 1 aliphatic carbocycles. The highest BCUT2D eigenvalue weighted by Gasteiger charge is 2.21. The second-order valence-corrected chi connectivity index (χ2v) is 6.18. The molecule has 0 heterocycles. The summed E-state index contributed by atoms with van der Waals surface area (Å²) >= 11 is 2.05. The van der Waals surface area contributed by atoms with Gasteiger partial charge in [0.25, 0.3) is 0 Å². The normalized spacial score (nSPS) is 29.0. The van der Waals surface area contributed by atoms with Crippen molar-refractivity contribution in [2.24, 2.45) is 5.92 Å². The van der Waals surface area contributed by atoms with Gasteiger partial charge in [-0.05, 0) is 31.4 Å². The van der Waals surface area contributed by atoms with Crippen molar-refractivity contribution >= 4 is 11.8 Å². The molecule has 1 fully saturated rings. The third-order valence-electron chi connectivity index (χ3n) is 3.45. The average Bonchev–Trinajstić information content (AvgIpc) is 2.26. The first-order valence-electron chi connectivity index (χ1n) is 6.60. The largest absolute Gasteiger partial charge is 0.311 e. The molecule has 0 aromatic heterocycles. The van der Waals surface area contributed by atoms with Gasteiger partial charge in [-0.2, -0.15) is 11.8 Å². The fraction of sp³-hybridized carbons (Fsp3) is 1.00. The molecule has 15 heavy (non-hydrogen) atoms. The molecule has 0 aliphatic heterocycles. The van der Waals surface area contributed by atoms with Crippen molar-refractivity contribution in [1.29, 1.82) is 0 Å². The molecule has 0 amide bonds. The Bertz CT molecular complexity index is 161. The summed E-state index contributed by atoms with van der Waals surface area (Å²) in [6.07, 6.45) is 7.09. The quantitative estimate of drug-likeness (QED) is 0.745. The summed E-state index contributed by atoms with van der Waals surface area (Å²) in [6.45, 7) is 6.91. The minimum Gasteiger partial charge on any atom is -0.311 e. The van der Waals surface area contributed by atoms with E-state index in [9.17, 15) is 0 Å². The fourth-order valence-corrected chi connectivity index (χ4v) is 3.24. The van der Waals surface area contributed by atoms with Gasteiger partial charge in [-0.15, -0.1) is 0 Å². The molecule has 3 unspecified atom stereocenters. The molecule has 1 saturated carbocycles. The third-order valence-corrected chi connectivity index (χ3v) is 4.60. The third kappa shape index (κ3) is 5.26. The van der Waals surface area contributed by atoms with E-state index in [2.05, 4.69) is 26.1 Å². The van der Waals surface area contributed by atoms with E-state index in [0.29, 0.717) is 6.04 Å². The van der Waals surface area contributed by atoms with E-state index in [1.807, 2.05) is 11.8 Å². The molecule has 0 saturated heterocycles. The van der Waals surface area contributed by atoms with Gasteiger partial charge in [0.1, 0.15) is 0 Å². The molecule has 1 N–H and O–H groups in total. The molecular weight excluding hydrogens is 202 g/mol. The van der Waals surface area contributed by atoms with Crippen LogP contribution in [0.3, 0.4) is 0 Å². The van der Waals surface area contributed by atoms with Crippen LogP contribution in [0.25, 0.3) is 0 Å². The molecule has 0 aromatic rings. The zero-order valence-electron chi connectivity index (χ0n) is 10.6. The fourth-order valence-electron chi connectivity index (χ4n) is 2.56. The van der Waals surface area contributed by atoms with Crippen molar-refractivity contribution in [3.05, 3.63) is 0 Å². The summed E-state index contributed by atoms with van der Waals surface area (Å²) in [5.41, 5.74) is 0. The zero-order valence-corrected chi connectivity index (χ0v) is 11.4. The van der Waals surface area contributed by atoms with E-state index in [1.54, 1.807) is 0 Å². The first kappa shape index (κ1) is 13.4. The maximum Gasteiger partial charge on any atom is 0.0132 e. The Balaban J connectivity index is 2.19. The molecule has 0 aromatic carbocycles. The van der Waals surface area contributed by atoms with Gasteiger partial charge in [-0.3, -0.25) is 0 Å². The Morgan fingerprint density at radius 1 is 1.33 bits per heavy atom. The predicted molar refractivity (Wildman–Crippen MR) is 71.6 cm³/mol. The van der Waals surface area contributed by atoms with E-state index in [-0.39, 0.29) is 0 Å². The lowest BCUT2D eigenvalue weighted by atomic mass is 9.84. The van der Waals surface area contributed by atoms with Crippen LogP contribution in [0.15, 0.2) is 0 Å². The number of hydrogen-bond acceptors (Lipinski definition) is 2. The van der Waals surface area contributed by atoms with Crippen molar-refractivity contribution in [1.82, 2.24) is 5.32 Å². The van der Waals surface area contributed by atoms with Crippen molar-refractivity contribution < 1.29 is 0 Å². The first-order chi connectivity index (χ1) is 7.26. The lowest BCUT2D eigenvalue weighted by Gasteiger charge is -2.31. The van der Waals surface area contributed by atoms with E-state index in [0.717, 1.165) is 12.0 Å². The lowest BCUT2D eigenvalue weighted by molar-refractivity contribution is 0.269. The van der Waals surface area contributed by atoms with E-state index < -0.39 is 0 Å². The van der Waals surface area contributed by atoms with Crippen molar-refractivity contribution in [3.63, 3.8) is 0 Å². The monoisotopic (exact) mass is 229 g/mol. The summed E-state index contributed by atoms with van der Waals surface area (Å²) in [4.78, 5) is 0. The van der Waals surface area contributed by atoms with Gasteiger partial charge < -0.3 is 5.32 Å². The summed E-state index contributed by atoms with van der Waals surface area (Å²) < 4.78 is 0. The Kier molecular flexibility index (Phi) is 6.74. The van der Waals surface area contributed by atoms with Gasteiger partial charge in [-0.1, -0.05) is 33.1 Å². The number of rotatable bonds is 6. The highest BCUT2D eigenvalue weighted by atomic mass is 32.2. The second kappa shape index (κ2) is 7.56. The molecule has 0 radical (unpaired) electrons. The van der Waals surface area contributed by atoms with Gasteiger partial charge in [0.15, 0.2) is 0 Å². The topological polar surface area (TPSA) is 12.0 Å². The molecule has 0 bridgehead atoms. The van der Waals surface area contributed by atoms with E-state index >= 15 is 0 Å². The van der Waals surface area contributed by atoms with Crippen LogP contribution < -0.4 is 5.32 Å². The average molecular weight is 229 g/mol. The Hall–Kier alpha value is 0.310. The number of hydrogen-bond donors (Lipinski definition) is 1. The Labute approximate surface area is 99.8 Å². The van der Waals surface area contributed by atoms with Crippen LogP contribution >= 0.6 is 11.8 Å². The molecule has 1 rings (SSSR count). The Morgan fingerprint density at radius 3 is 2.80 bits per heavy atom. The predicted octanol–water partition coefficient (Wildman–Crippen LogP) is 3.69. The van der Waals surface area contributed by atoms with Gasteiger partial charge in [-0.25, -0.2) is 0 Å². The number of nitrogens with one attached hydrogen (secondary N) is 1. The van der Waals surface area contributed by atoms with Crippen LogP contribution in [0, 0.1) is 5.92 Å². The SMILES string of the molecule is CCSCC(C)NC1CCCC(CC)C1. The summed E-state index contributed by atoms with van der Waals surface area (Å²) in [7, 11) is 0. The molecular formula is C13H27NS. The Morgan fingerprint density at radius 2 is 2.13 bits per heavy atom. The molecule has 1 nitrogen and oxygen atoms in total. The highest BCUT2D eigenvalue weighted by molar-refractivity contribution is 7.99. The zero-order chi connectivity index (χ0) is 11.1. The van der Waals surface area contributed by atoms with Crippen LogP contribution in [-0.2, 0) is 0 Å². The molecule has 2 heteroatoms. The van der Waals surface area contributed by atoms with Gasteiger partial charge >= 0.3 is 0 Å². The summed E-state index contributed by atoms with van der Waals surface area (Å²) in [5, 5.41) is 3.80. The maximum absolute atomic E-state index is 3.80. The summed E-state index contributed by atoms with van der Waals surface area (Å²) in [5.74, 6) is 3.50. The lowest BCUT2D eigenvalue weighted by Crippen LogP contribution is -2.40. The van der Waals surface area contributed by atoms with E-state index in [4.69, 9.17) is 0 Å². The summed E-state index contributed by atoms with van der Waals surface area (Å²) in [6, 6.07) is 1.49. The van der Waals surface area contributed by atoms with Crippen LogP contribution in [0.1, 0.15) is 52.9 Å². The van der Waals surface area contributed by atoms with Crippen LogP contribution in [0.4, 0.5) is 0 Å². The van der Waals surface area contributed by atoms with Gasteiger partial charge in [0.2, 0.25) is 0 Å². The van der Waals surface area contributed by atoms with Crippen molar-refractivity contribution in [2.45, 2.75) is 65.0 Å². The smallest absolute Gasteiger partial charge is 0.0132 e. The van der Waals surface area contributed by atoms with Crippen molar-refractivity contribution in [2.75, 3.05) is 11.5 Å². The minimum atomic E-state index is 0.690. The minimum absolute atomic E-state index is 0.690. The molecule has 3 atom stereocenters. The first-order valence-corrected chi connectivity index (χ1v) is 7.75. The standard InChI is InChI=1S/C13H27NS/c1-4-12-7-6-8-13(9-12)14-11(3)10-15-5-2/h11-14H,4-10H2,1-3H3. The van der Waals surface area contributed by atoms with Gasteiger partial charge in [0, 0.05) is 17.8 Å². The highest BCUT2D eigenvalue weighted by Crippen LogP contribution is 2.26. The van der Waals surface area contributed by atoms with Crippen LogP contribution in [-0.4, -0.2) is 23.6 Å². The van der Waals surface area contributed by atoms with Crippen LogP contribution in [0.5, 0.6) is 0 Å². The maximum atomic E-state index is 3.80. The molecule has 0 spiro atoms. The van der Waals surface area contributed by atoms with Crippen LogP contribution in [0.2, 0.25) is 0 Å². The molecule has 90 valence electrons. The van der Waals surface area contributed by atoms with E-state index in [1.165, 1.54) is 43.6 Å². The van der Waals surface area contributed by atoms with Gasteiger partial charge in [0.05, 0.1) is 0 Å². The van der Waals surface area contributed by atoms with Crippen molar-refractivity contribution in [3.8, 4) is 0 Å². The second-order valence-electron chi connectivity index (χ2n) is 4.86. The molecule has 1 aliphatic rings. The number of thioether (sulfide) groups is 1.